The fourth-order valence-corrected chi connectivity index (χ4v) is 5.12. The Balaban J connectivity index is 1.27. The Hall–Kier alpha value is -2.78. The molecule has 4 aliphatic heterocycles. The number of piperazine rings is 1. The number of amides is 4. The number of nitrogens with two attached hydrogens (primary N) is 1. The lowest BCUT2D eigenvalue weighted by molar-refractivity contribution is -0.137. The third kappa shape index (κ3) is 3.18. The van der Waals surface area contributed by atoms with E-state index in [-0.39, 0.29) is 36.2 Å². The summed E-state index contributed by atoms with van der Waals surface area (Å²) in [7, 11) is 0. The highest BCUT2D eigenvalue weighted by molar-refractivity contribution is 6.05. The number of piperidine rings is 1. The number of carbonyl (C=O) groups excluding carboxylic acids is 4. The van der Waals surface area contributed by atoms with E-state index in [1.165, 1.54) is 0 Å². The van der Waals surface area contributed by atoms with Crippen molar-refractivity contribution in [2.24, 2.45) is 5.73 Å². The van der Waals surface area contributed by atoms with Gasteiger partial charge in [-0.15, -0.1) is 0 Å². The van der Waals surface area contributed by atoms with Gasteiger partial charge in [0.1, 0.15) is 6.04 Å². The summed E-state index contributed by atoms with van der Waals surface area (Å²) in [6, 6.07) is 5.09. The number of nitrogens with zero attached hydrogens (tertiary/aromatic N) is 3. The molecule has 3 unspecified atom stereocenters. The van der Waals surface area contributed by atoms with Gasteiger partial charge in [0.15, 0.2) is 0 Å². The van der Waals surface area contributed by atoms with Gasteiger partial charge < -0.3 is 15.5 Å². The van der Waals surface area contributed by atoms with Crippen molar-refractivity contribution in [3.8, 4) is 0 Å². The molecule has 5 rings (SSSR count). The Bertz CT molecular complexity index is 947. The average molecular weight is 411 g/mol. The Morgan fingerprint density at radius 3 is 2.73 bits per heavy atom. The third-order valence-electron chi connectivity index (χ3n) is 6.69. The lowest BCUT2D eigenvalue weighted by Gasteiger charge is -2.37. The van der Waals surface area contributed by atoms with E-state index in [1.54, 1.807) is 4.90 Å². The number of hydrogen-bond acceptors (Lipinski definition) is 6. The van der Waals surface area contributed by atoms with Crippen LogP contribution in [0.2, 0.25) is 0 Å². The van der Waals surface area contributed by atoms with Crippen molar-refractivity contribution < 1.29 is 19.2 Å². The normalized spacial score (nSPS) is 29.3. The highest BCUT2D eigenvalue weighted by atomic mass is 16.2. The van der Waals surface area contributed by atoms with Gasteiger partial charge >= 0.3 is 0 Å². The van der Waals surface area contributed by atoms with Crippen LogP contribution in [0.1, 0.15) is 40.7 Å². The second kappa shape index (κ2) is 7.17. The van der Waals surface area contributed by atoms with E-state index in [0.717, 1.165) is 24.2 Å². The first kappa shape index (κ1) is 19.2. The SMILES string of the molecule is NC1CC2CN(Cc3ccc4c(c3)C(=O)N(C3CCC(=O)NC3=O)C4)CCN2C1=O. The van der Waals surface area contributed by atoms with Gasteiger partial charge in [0.05, 0.1) is 6.04 Å². The van der Waals surface area contributed by atoms with Crippen LogP contribution in [0, 0.1) is 0 Å². The molecule has 3 atom stereocenters. The minimum Gasteiger partial charge on any atom is -0.336 e. The van der Waals surface area contributed by atoms with Gasteiger partial charge in [0, 0.05) is 50.7 Å². The van der Waals surface area contributed by atoms with Crippen molar-refractivity contribution in [3.05, 3.63) is 34.9 Å². The van der Waals surface area contributed by atoms with Gasteiger partial charge in [0.2, 0.25) is 17.7 Å². The molecule has 3 N–H and O–H groups in total. The Labute approximate surface area is 174 Å². The molecule has 0 spiro atoms. The van der Waals surface area contributed by atoms with E-state index < -0.39 is 11.9 Å². The summed E-state index contributed by atoms with van der Waals surface area (Å²) in [6.07, 6.45) is 1.31. The molecule has 0 radical (unpaired) electrons. The molecule has 4 aliphatic rings. The van der Waals surface area contributed by atoms with E-state index in [1.807, 2.05) is 23.1 Å². The topological polar surface area (TPSA) is 116 Å². The van der Waals surface area contributed by atoms with Crippen LogP contribution in [-0.2, 0) is 27.5 Å². The average Bonchev–Trinajstić information content (AvgIpc) is 3.18. The number of nitrogens with one attached hydrogen (secondary N) is 1. The van der Waals surface area contributed by atoms with E-state index >= 15 is 0 Å². The van der Waals surface area contributed by atoms with Gasteiger partial charge in [0.25, 0.3) is 5.91 Å². The van der Waals surface area contributed by atoms with Crippen molar-refractivity contribution in [3.63, 3.8) is 0 Å². The molecule has 1 aromatic rings. The highest BCUT2D eigenvalue weighted by Gasteiger charge is 2.41. The molecular weight excluding hydrogens is 386 g/mol. The zero-order chi connectivity index (χ0) is 21.0. The van der Waals surface area contributed by atoms with Crippen LogP contribution in [0.5, 0.6) is 0 Å². The third-order valence-corrected chi connectivity index (χ3v) is 6.69. The Morgan fingerprint density at radius 1 is 1.10 bits per heavy atom. The first-order valence-corrected chi connectivity index (χ1v) is 10.5. The molecule has 1 aromatic carbocycles. The van der Waals surface area contributed by atoms with Crippen LogP contribution in [0.25, 0.3) is 0 Å². The lowest BCUT2D eigenvalue weighted by Crippen LogP contribution is -2.52. The summed E-state index contributed by atoms with van der Waals surface area (Å²) >= 11 is 0. The highest BCUT2D eigenvalue weighted by Crippen LogP contribution is 2.29. The molecule has 3 fully saturated rings. The predicted octanol–water partition coefficient (Wildman–Crippen LogP) is -0.809. The summed E-state index contributed by atoms with van der Waals surface area (Å²) in [4.78, 5) is 54.4. The molecule has 0 bridgehead atoms. The maximum atomic E-state index is 13.0. The van der Waals surface area contributed by atoms with E-state index in [9.17, 15) is 19.2 Å². The summed E-state index contributed by atoms with van der Waals surface area (Å²) in [5, 5.41) is 2.33. The summed E-state index contributed by atoms with van der Waals surface area (Å²) in [5.74, 6) is -0.780. The second-order valence-corrected chi connectivity index (χ2v) is 8.65. The van der Waals surface area contributed by atoms with Gasteiger partial charge in [-0.25, -0.2) is 0 Å². The van der Waals surface area contributed by atoms with E-state index in [0.29, 0.717) is 38.0 Å². The zero-order valence-corrected chi connectivity index (χ0v) is 16.7. The molecule has 0 aromatic heterocycles. The number of fused-ring (bicyclic) bond motifs is 2. The monoisotopic (exact) mass is 411 g/mol. The van der Waals surface area contributed by atoms with Crippen molar-refractivity contribution in [1.82, 2.24) is 20.0 Å². The smallest absolute Gasteiger partial charge is 0.255 e. The lowest BCUT2D eigenvalue weighted by atomic mass is 10.0. The molecule has 30 heavy (non-hydrogen) atoms. The fourth-order valence-electron chi connectivity index (χ4n) is 5.12. The molecule has 0 aliphatic carbocycles. The molecule has 158 valence electrons. The minimum atomic E-state index is -0.594. The number of hydrogen-bond donors (Lipinski definition) is 2. The van der Waals surface area contributed by atoms with E-state index in [4.69, 9.17) is 5.73 Å². The van der Waals surface area contributed by atoms with Crippen molar-refractivity contribution in [2.75, 3.05) is 19.6 Å². The quantitative estimate of drug-likeness (QED) is 0.629. The van der Waals surface area contributed by atoms with Gasteiger partial charge in [-0.05, 0) is 30.0 Å². The molecule has 3 saturated heterocycles. The number of imide groups is 1. The number of benzene rings is 1. The van der Waals surface area contributed by atoms with Gasteiger partial charge in [-0.2, -0.15) is 0 Å². The van der Waals surface area contributed by atoms with Crippen molar-refractivity contribution >= 4 is 23.6 Å². The molecule has 0 saturated carbocycles. The van der Waals surface area contributed by atoms with Gasteiger partial charge in [-0.1, -0.05) is 12.1 Å². The van der Waals surface area contributed by atoms with Crippen LogP contribution < -0.4 is 11.1 Å². The van der Waals surface area contributed by atoms with Crippen molar-refractivity contribution in [2.45, 2.75) is 50.5 Å². The van der Waals surface area contributed by atoms with Crippen LogP contribution in [0.4, 0.5) is 0 Å². The van der Waals surface area contributed by atoms with Crippen LogP contribution >= 0.6 is 0 Å². The Morgan fingerprint density at radius 2 is 1.93 bits per heavy atom. The van der Waals surface area contributed by atoms with E-state index in [2.05, 4.69) is 10.2 Å². The largest absolute Gasteiger partial charge is 0.336 e. The summed E-state index contributed by atoms with van der Waals surface area (Å²) in [6.45, 7) is 3.34. The molecule has 4 heterocycles. The number of carbonyl (C=O) groups is 4. The van der Waals surface area contributed by atoms with Crippen LogP contribution in [0.15, 0.2) is 18.2 Å². The predicted molar refractivity (Wildman–Crippen MR) is 106 cm³/mol. The number of rotatable bonds is 3. The maximum absolute atomic E-state index is 13.0. The van der Waals surface area contributed by atoms with Crippen molar-refractivity contribution in [1.29, 1.82) is 0 Å². The molecule has 4 amide bonds. The fraction of sp³-hybridized carbons (Fsp3) is 0.524. The minimum absolute atomic E-state index is 0.0521. The summed E-state index contributed by atoms with van der Waals surface area (Å²) in [5.41, 5.74) is 8.48. The van der Waals surface area contributed by atoms with Gasteiger partial charge in [-0.3, -0.25) is 29.4 Å². The van der Waals surface area contributed by atoms with Crippen LogP contribution in [0.3, 0.4) is 0 Å². The molecular formula is C21H25N5O4. The molecule has 9 heteroatoms. The zero-order valence-electron chi connectivity index (χ0n) is 16.7. The summed E-state index contributed by atoms with van der Waals surface area (Å²) < 4.78 is 0. The first-order chi connectivity index (χ1) is 14.4. The molecule has 9 nitrogen and oxygen atoms in total. The van der Waals surface area contributed by atoms with Crippen LogP contribution in [-0.4, -0.2) is 76.1 Å². The standard InChI is InChI=1S/C21H25N5O4/c22-16-8-14-11-24(5-6-25(14)21(16)30)9-12-1-2-13-10-26(20(29)15(13)7-12)17-3-4-18(27)23-19(17)28/h1-2,7,14,16-17H,3-6,8-11,22H2,(H,23,27,28). The maximum Gasteiger partial charge on any atom is 0.255 e. The first-order valence-electron chi connectivity index (χ1n) is 10.5. The Kier molecular flexibility index (Phi) is 4.59. The second-order valence-electron chi connectivity index (χ2n) is 8.65.